The van der Waals surface area contributed by atoms with Gasteiger partial charge in [0.25, 0.3) is 0 Å². The fourth-order valence-electron chi connectivity index (χ4n) is 3.36. The highest BCUT2D eigenvalue weighted by molar-refractivity contribution is 8.00. The van der Waals surface area contributed by atoms with Crippen molar-refractivity contribution in [3.05, 3.63) is 78.4 Å². The molecule has 33 heavy (non-hydrogen) atoms. The molecule has 0 saturated heterocycles. The molecule has 3 aromatic carbocycles. The Morgan fingerprint density at radius 2 is 1.67 bits per heavy atom. The van der Waals surface area contributed by atoms with Gasteiger partial charge in [0.1, 0.15) is 10.9 Å². The minimum atomic E-state index is -0.133. The van der Waals surface area contributed by atoms with Crippen LogP contribution in [0, 0.1) is 6.92 Å². The van der Waals surface area contributed by atoms with E-state index >= 15 is 0 Å². The van der Waals surface area contributed by atoms with Crippen molar-refractivity contribution < 1.29 is 14.3 Å². The summed E-state index contributed by atoms with van der Waals surface area (Å²) in [6, 6.07) is 23.5. The minimum Gasteiger partial charge on any atom is -0.493 e. The number of carbonyl (C=O) groups excluding carboxylic acids is 1. The Kier molecular flexibility index (Phi) is 7.00. The van der Waals surface area contributed by atoms with Gasteiger partial charge in [-0.15, -0.1) is 0 Å². The standard InChI is InChI=1S/C26H25N3O3S/c1-17-9-11-19(12-10-17)25-28-24(18-7-5-4-6-8-18)26(29-25)33-16-23(30)27-20-13-14-21(31-2)22(15-20)32-3/h4-15H,16H2,1-3H3,(H,27,30)(H,28,29). The summed E-state index contributed by atoms with van der Waals surface area (Å²) in [5, 5.41) is 3.69. The van der Waals surface area contributed by atoms with Crippen LogP contribution in [0.5, 0.6) is 11.5 Å². The highest BCUT2D eigenvalue weighted by atomic mass is 32.2. The Morgan fingerprint density at radius 3 is 2.36 bits per heavy atom. The summed E-state index contributed by atoms with van der Waals surface area (Å²) in [4.78, 5) is 20.9. The normalized spacial score (nSPS) is 10.6. The van der Waals surface area contributed by atoms with Crippen molar-refractivity contribution in [2.75, 3.05) is 25.3 Å². The summed E-state index contributed by atoms with van der Waals surface area (Å²) in [7, 11) is 3.14. The van der Waals surface area contributed by atoms with E-state index < -0.39 is 0 Å². The van der Waals surface area contributed by atoms with Crippen molar-refractivity contribution in [3.8, 4) is 34.1 Å². The van der Waals surface area contributed by atoms with E-state index in [1.807, 2.05) is 42.5 Å². The summed E-state index contributed by atoms with van der Waals surface area (Å²) in [6.45, 7) is 2.06. The van der Waals surface area contributed by atoms with Crippen LogP contribution < -0.4 is 14.8 Å². The second-order valence-corrected chi connectivity index (χ2v) is 8.37. The van der Waals surface area contributed by atoms with Crippen molar-refractivity contribution >= 4 is 23.4 Å². The van der Waals surface area contributed by atoms with Gasteiger partial charge in [-0.05, 0) is 19.1 Å². The predicted molar refractivity (Wildman–Crippen MR) is 133 cm³/mol. The van der Waals surface area contributed by atoms with Gasteiger partial charge in [0.2, 0.25) is 5.91 Å². The number of aromatic nitrogens is 2. The second-order valence-electron chi connectivity index (χ2n) is 7.40. The van der Waals surface area contributed by atoms with Crippen molar-refractivity contribution in [2.45, 2.75) is 11.9 Å². The third kappa shape index (κ3) is 5.38. The molecule has 0 radical (unpaired) electrons. The van der Waals surface area contributed by atoms with Gasteiger partial charge >= 0.3 is 0 Å². The first kappa shape index (κ1) is 22.5. The molecular weight excluding hydrogens is 434 g/mol. The number of thioether (sulfide) groups is 1. The van der Waals surface area contributed by atoms with Crippen molar-refractivity contribution in [3.63, 3.8) is 0 Å². The molecule has 0 saturated carbocycles. The molecule has 0 fully saturated rings. The summed E-state index contributed by atoms with van der Waals surface area (Å²) in [6.07, 6.45) is 0. The number of aromatic amines is 1. The molecular formula is C26H25N3O3S. The van der Waals surface area contributed by atoms with Crippen LogP contribution in [0.1, 0.15) is 5.56 Å². The Balaban J connectivity index is 1.53. The highest BCUT2D eigenvalue weighted by Crippen LogP contribution is 2.33. The molecule has 1 aromatic heterocycles. The third-order valence-electron chi connectivity index (χ3n) is 5.07. The smallest absolute Gasteiger partial charge is 0.234 e. The van der Waals surface area contributed by atoms with Gasteiger partial charge in [0.15, 0.2) is 11.5 Å². The number of nitrogens with one attached hydrogen (secondary N) is 2. The fourth-order valence-corrected chi connectivity index (χ4v) is 4.16. The van der Waals surface area contributed by atoms with Crippen molar-refractivity contribution in [1.29, 1.82) is 0 Å². The minimum absolute atomic E-state index is 0.133. The third-order valence-corrected chi connectivity index (χ3v) is 6.04. The Bertz CT molecular complexity index is 1240. The molecule has 4 aromatic rings. The maximum Gasteiger partial charge on any atom is 0.234 e. The zero-order valence-corrected chi connectivity index (χ0v) is 19.5. The average Bonchev–Trinajstić information content (AvgIpc) is 3.28. The maximum absolute atomic E-state index is 12.7. The van der Waals surface area contributed by atoms with Crippen molar-refractivity contribution in [2.24, 2.45) is 0 Å². The van der Waals surface area contributed by atoms with Gasteiger partial charge < -0.3 is 19.8 Å². The van der Waals surface area contributed by atoms with Gasteiger partial charge in [-0.1, -0.05) is 71.9 Å². The van der Waals surface area contributed by atoms with E-state index in [-0.39, 0.29) is 11.7 Å². The fraction of sp³-hybridized carbons (Fsp3) is 0.154. The van der Waals surface area contributed by atoms with E-state index in [2.05, 4.69) is 29.4 Å². The van der Waals surface area contributed by atoms with E-state index in [0.29, 0.717) is 17.2 Å². The molecule has 0 aliphatic carbocycles. The van der Waals surface area contributed by atoms with E-state index in [9.17, 15) is 4.79 Å². The number of carbonyl (C=O) groups is 1. The van der Waals surface area contributed by atoms with Gasteiger partial charge in [0, 0.05) is 22.9 Å². The summed E-state index contributed by atoms with van der Waals surface area (Å²) >= 11 is 1.40. The van der Waals surface area contributed by atoms with Gasteiger partial charge in [-0.2, -0.15) is 0 Å². The Morgan fingerprint density at radius 1 is 0.939 bits per heavy atom. The van der Waals surface area contributed by atoms with Crippen LogP contribution in [0.3, 0.4) is 0 Å². The lowest BCUT2D eigenvalue weighted by atomic mass is 10.1. The Hall–Kier alpha value is -3.71. The molecule has 0 spiro atoms. The summed E-state index contributed by atoms with van der Waals surface area (Å²) in [5.74, 6) is 2.02. The molecule has 6 nitrogen and oxygen atoms in total. The summed E-state index contributed by atoms with van der Waals surface area (Å²) in [5.41, 5.74) is 4.75. The van der Waals surface area contributed by atoms with Crippen molar-refractivity contribution in [1.82, 2.24) is 9.97 Å². The van der Waals surface area contributed by atoms with Crippen LogP contribution in [0.25, 0.3) is 22.6 Å². The summed E-state index contributed by atoms with van der Waals surface area (Å²) < 4.78 is 10.6. The number of methoxy groups -OCH3 is 2. The molecule has 0 atom stereocenters. The lowest BCUT2D eigenvalue weighted by molar-refractivity contribution is -0.113. The monoisotopic (exact) mass is 459 g/mol. The molecule has 0 bridgehead atoms. The zero-order chi connectivity index (χ0) is 23.2. The van der Waals surface area contributed by atoms with Gasteiger partial charge in [-0.3, -0.25) is 4.79 Å². The molecule has 0 aliphatic heterocycles. The van der Waals surface area contributed by atoms with Crippen LogP contribution in [0.4, 0.5) is 5.69 Å². The van der Waals surface area contributed by atoms with Crippen LogP contribution in [0.2, 0.25) is 0 Å². The van der Waals surface area contributed by atoms with Gasteiger partial charge in [-0.25, -0.2) is 4.98 Å². The number of hydrogen-bond donors (Lipinski definition) is 2. The molecule has 1 amide bonds. The van der Waals surface area contributed by atoms with E-state index in [1.165, 1.54) is 17.3 Å². The lowest BCUT2D eigenvalue weighted by Crippen LogP contribution is -2.14. The highest BCUT2D eigenvalue weighted by Gasteiger charge is 2.16. The molecule has 1 heterocycles. The number of benzene rings is 3. The number of H-pyrrole nitrogens is 1. The molecule has 4 rings (SSSR count). The molecule has 7 heteroatoms. The van der Waals surface area contributed by atoms with Gasteiger partial charge in [0.05, 0.1) is 25.7 Å². The number of anilines is 1. The number of rotatable bonds is 8. The SMILES string of the molecule is COc1ccc(NC(=O)CSc2nc(-c3ccc(C)cc3)[nH]c2-c2ccccc2)cc1OC. The predicted octanol–water partition coefficient (Wildman–Crippen LogP) is 5.80. The number of aryl methyl sites for hydroxylation is 1. The first-order valence-corrected chi connectivity index (χ1v) is 11.4. The number of hydrogen-bond acceptors (Lipinski definition) is 5. The van der Waals surface area contributed by atoms with Crippen LogP contribution in [-0.2, 0) is 4.79 Å². The topological polar surface area (TPSA) is 76.2 Å². The van der Waals surface area contributed by atoms with E-state index in [0.717, 1.165) is 27.7 Å². The maximum atomic E-state index is 12.7. The molecule has 2 N–H and O–H groups in total. The number of imidazole rings is 1. The second kappa shape index (κ2) is 10.3. The lowest BCUT2D eigenvalue weighted by Gasteiger charge is -2.10. The quantitative estimate of drug-likeness (QED) is 0.326. The molecule has 168 valence electrons. The number of nitrogens with zero attached hydrogens (tertiary/aromatic N) is 1. The van der Waals surface area contributed by atoms with Crippen LogP contribution >= 0.6 is 11.8 Å². The first-order valence-electron chi connectivity index (χ1n) is 10.4. The number of amides is 1. The van der Waals surface area contributed by atoms with E-state index in [4.69, 9.17) is 14.5 Å². The Labute approximate surface area is 197 Å². The molecule has 0 aliphatic rings. The van der Waals surface area contributed by atoms with E-state index in [1.54, 1.807) is 32.4 Å². The zero-order valence-electron chi connectivity index (χ0n) is 18.7. The average molecular weight is 460 g/mol. The molecule has 0 unspecified atom stereocenters. The largest absolute Gasteiger partial charge is 0.493 e. The number of ether oxygens (including phenoxy) is 2. The van der Waals surface area contributed by atoms with Crippen LogP contribution in [0.15, 0.2) is 77.8 Å². The van der Waals surface area contributed by atoms with Crippen LogP contribution in [-0.4, -0.2) is 35.8 Å². The first-order chi connectivity index (χ1) is 16.1.